The molecule has 1 saturated heterocycles. The van der Waals surface area contributed by atoms with Gasteiger partial charge in [-0.1, -0.05) is 26.0 Å². The molecule has 1 aromatic carbocycles. The van der Waals surface area contributed by atoms with E-state index in [1.54, 1.807) is 0 Å². The summed E-state index contributed by atoms with van der Waals surface area (Å²) >= 11 is 0. The van der Waals surface area contributed by atoms with Crippen LogP contribution in [-0.2, 0) is 6.42 Å². The molecular formula is C17H28N4. The molecule has 2 rings (SSSR count). The van der Waals surface area contributed by atoms with Gasteiger partial charge in [0, 0.05) is 18.8 Å². The molecule has 0 bridgehead atoms. The maximum absolute atomic E-state index is 5.99. The van der Waals surface area contributed by atoms with E-state index in [1.807, 2.05) is 12.1 Å². The van der Waals surface area contributed by atoms with E-state index >= 15 is 0 Å². The molecule has 21 heavy (non-hydrogen) atoms. The van der Waals surface area contributed by atoms with Crippen molar-refractivity contribution >= 4 is 11.6 Å². The second-order valence-corrected chi connectivity index (χ2v) is 5.86. The maximum Gasteiger partial charge on any atom is 0.193 e. The third kappa shape index (κ3) is 5.05. The lowest BCUT2D eigenvalue weighted by Crippen LogP contribution is -2.25. The van der Waals surface area contributed by atoms with Crippen molar-refractivity contribution in [1.82, 2.24) is 4.90 Å². The van der Waals surface area contributed by atoms with Crippen LogP contribution in [0.2, 0.25) is 0 Å². The highest BCUT2D eigenvalue weighted by Gasteiger charge is 2.21. The summed E-state index contributed by atoms with van der Waals surface area (Å²) in [5, 5.41) is 3.19. The van der Waals surface area contributed by atoms with E-state index in [0.717, 1.165) is 25.2 Å². The zero-order valence-corrected chi connectivity index (χ0v) is 13.3. The predicted octanol–water partition coefficient (Wildman–Crippen LogP) is 2.71. The second-order valence-electron chi connectivity index (χ2n) is 5.86. The molecule has 1 unspecified atom stereocenters. The summed E-state index contributed by atoms with van der Waals surface area (Å²) in [7, 11) is 0. The zero-order chi connectivity index (χ0) is 15.1. The van der Waals surface area contributed by atoms with Gasteiger partial charge in [-0.3, -0.25) is 4.99 Å². The van der Waals surface area contributed by atoms with Gasteiger partial charge in [0.25, 0.3) is 0 Å². The molecule has 0 spiro atoms. The molecule has 0 aliphatic carbocycles. The van der Waals surface area contributed by atoms with Crippen molar-refractivity contribution in [1.29, 1.82) is 0 Å². The monoisotopic (exact) mass is 288 g/mol. The Hall–Kier alpha value is -1.55. The fourth-order valence-electron chi connectivity index (χ4n) is 2.87. The molecule has 0 aromatic heterocycles. The summed E-state index contributed by atoms with van der Waals surface area (Å²) < 4.78 is 0. The molecule has 1 fully saturated rings. The number of aliphatic imine (C=N–C) groups is 1. The van der Waals surface area contributed by atoms with Crippen molar-refractivity contribution in [3.05, 3.63) is 29.8 Å². The highest BCUT2D eigenvalue weighted by molar-refractivity contribution is 5.92. The topological polar surface area (TPSA) is 53.6 Å². The van der Waals surface area contributed by atoms with Crippen LogP contribution in [0.25, 0.3) is 0 Å². The number of nitrogens with zero attached hydrogens (tertiary/aromatic N) is 2. The van der Waals surface area contributed by atoms with Gasteiger partial charge >= 0.3 is 0 Å². The number of guanidine groups is 1. The summed E-state index contributed by atoms with van der Waals surface area (Å²) in [6.45, 7) is 8.79. The highest BCUT2D eigenvalue weighted by Crippen LogP contribution is 2.16. The van der Waals surface area contributed by atoms with Gasteiger partial charge in [-0.15, -0.1) is 0 Å². The molecular weight excluding hydrogens is 260 g/mol. The van der Waals surface area contributed by atoms with Crippen LogP contribution in [0.4, 0.5) is 5.69 Å². The quantitative estimate of drug-likeness (QED) is 0.625. The Balaban J connectivity index is 1.81. The molecule has 1 atom stereocenters. The van der Waals surface area contributed by atoms with Gasteiger partial charge in [0.05, 0.1) is 0 Å². The van der Waals surface area contributed by atoms with Gasteiger partial charge < -0.3 is 16.0 Å². The van der Waals surface area contributed by atoms with E-state index in [0.29, 0.717) is 11.9 Å². The molecule has 0 radical (unpaired) electrons. The van der Waals surface area contributed by atoms with Gasteiger partial charge in [-0.25, -0.2) is 0 Å². The number of aryl methyl sites for hydroxylation is 1. The second kappa shape index (κ2) is 8.03. The molecule has 1 heterocycles. The lowest BCUT2D eigenvalue weighted by atomic mass is 10.1. The summed E-state index contributed by atoms with van der Waals surface area (Å²) in [4.78, 5) is 7.03. The van der Waals surface area contributed by atoms with Crippen molar-refractivity contribution in [2.75, 3.05) is 31.5 Å². The number of rotatable bonds is 6. The van der Waals surface area contributed by atoms with Crippen LogP contribution in [0.1, 0.15) is 32.3 Å². The summed E-state index contributed by atoms with van der Waals surface area (Å²) in [5.74, 6) is 1.18. The fraction of sp³-hybridized carbons (Fsp3) is 0.588. The molecule has 116 valence electrons. The average Bonchev–Trinajstić information content (AvgIpc) is 2.93. The van der Waals surface area contributed by atoms with Gasteiger partial charge in [-0.2, -0.15) is 0 Å². The summed E-state index contributed by atoms with van der Waals surface area (Å²) in [6, 6.07) is 8.33. The van der Waals surface area contributed by atoms with Crippen LogP contribution < -0.4 is 11.1 Å². The molecule has 1 aromatic rings. The first-order valence-electron chi connectivity index (χ1n) is 8.09. The largest absolute Gasteiger partial charge is 0.370 e. The van der Waals surface area contributed by atoms with Crippen LogP contribution in [0.3, 0.4) is 0 Å². The zero-order valence-electron chi connectivity index (χ0n) is 13.3. The predicted molar refractivity (Wildman–Crippen MR) is 90.8 cm³/mol. The first-order valence-corrected chi connectivity index (χ1v) is 8.09. The summed E-state index contributed by atoms with van der Waals surface area (Å²) in [5.41, 5.74) is 8.32. The van der Waals surface area contributed by atoms with Crippen molar-refractivity contribution < 1.29 is 0 Å². The van der Waals surface area contributed by atoms with Crippen molar-refractivity contribution in [2.45, 2.75) is 33.1 Å². The molecule has 0 saturated carbocycles. The SMILES string of the molecule is CCCN1CCC(CN=C(N)Nc2cccc(CC)c2)C1. The number of nitrogens with two attached hydrogens (primary N) is 1. The Kier molecular flexibility index (Phi) is 6.05. The van der Waals surface area contributed by atoms with Crippen molar-refractivity contribution in [2.24, 2.45) is 16.6 Å². The van der Waals surface area contributed by atoms with Crippen LogP contribution in [0.15, 0.2) is 29.3 Å². The van der Waals surface area contributed by atoms with Crippen LogP contribution >= 0.6 is 0 Å². The van der Waals surface area contributed by atoms with E-state index in [1.165, 1.54) is 31.5 Å². The minimum absolute atomic E-state index is 0.525. The minimum Gasteiger partial charge on any atom is -0.370 e. The van der Waals surface area contributed by atoms with Crippen molar-refractivity contribution in [3.8, 4) is 0 Å². The van der Waals surface area contributed by atoms with E-state index in [4.69, 9.17) is 5.73 Å². The lowest BCUT2D eigenvalue weighted by molar-refractivity contribution is 0.326. The van der Waals surface area contributed by atoms with E-state index in [2.05, 4.69) is 41.2 Å². The van der Waals surface area contributed by atoms with Gasteiger partial charge in [0.15, 0.2) is 5.96 Å². The number of likely N-dealkylation sites (tertiary alicyclic amines) is 1. The van der Waals surface area contributed by atoms with E-state index in [9.17, 15) is 0 Å². The van der Waals surface area contributed by atoms with Gasteiger partial charge in [-0.05, 0) is 56.0 Å². The first-order chi connectivity index (χ1) is 10.2. The van der Waals surface area contributed by atoms with Crippen molar-refractivity contribution in [3.63, 3.8) is 0 Å². The molecule has 4 nitrogen and oxygen atoms in total. The standard InChI is InChI=1S/C17H28N4/c1-3-9-21-10-8-15(13-21)12-19-17(18)20-16-7-5-6-14(4-2)11-16/h5-7,11,15H,3-4,8-10,12-13H2,1-2H3,(H3,18,19,20). The van der Waals surface area contributed by atoms with E-state index < -0.39 is 0 Å². The minimum atomic E-state index is 0.525. The van der Waals surface area contributed by atoms with Gasteiger partial charge in [0.1, 0.15) is 0 Å². The number of benzene rings is 1. The molecule has 4 heteroatoms. The first kappa shape index (κ1) is 15.8. The average molecular weight is 288 g/mol. The Morgan fingerprint density at radius 3 is 3.05 bits per heavy atom. The van der Waals surface area contributed by atoms with E-state index in [-0.39, 0.29) is 0 Å². The molecule has 1 aliphatic rings. The van der Waals surface area contributed by atoms with Gasteiger partial charge in [0.2, 0.25) is 0 Å². The maximum atomic E-state index is 5.99. The van der Waals surface area contributed by atoms with Crippen LogP contribution in [-0.4, -0.2) is 37.0 Å². The Labute approximate surface area is 128 Å². The highest BCUT2D eigenvalue weighted by atomic mass is 15.2. The van der Waals surface area contributed by atoms with Crippen LogP contribution in [0, 0.1) is 5.92 Å². The number of hydrogen-bond acceptors (Lipinski definition) is 2. The summed E-state index contributed by atoms with van der Waals surface area (Å²) in [6.07, 6.45) is 3.50. The smallest absolute Gasteiger partial charge is 0.193 e. The molecule has 3 N–H and O–H groups in total. The number of hydrogen-bond donors (Lipinski definition) is 2. The molecule has 1 aliphatic heterocycles. The number of nitrogens with one attached hydrogen (secondary N) is 1. The van der Waals surface area contributed by atoms with Crippen LogP contribution in [0.5, 0.6) is 0 Å². The third-order valence-electron chi connectivity index (χ3n) is 4.04. The Morgan fingerprint density at radius 2 is 2.29 bits per heavy atom. The Bertz CT molecular complexity index is 470. The number of anilines is 1. The molecule has 0 amide bonds. The Morgan fingerprint density at radius 1 is 1.43 bits per heavy atom. The third-order valence-corrected chi connectivity index (χ3v) is 4.04. The normalized spacial score (nSPS) is 19.9. The lowest BCUT2D eigenvalue weighted by Gasteiger charge is -2.13. The fourth-order valence-corrected chi connectivity index (χ4v) is 2.87.